The Morgan fingerprint density at radius 3 is 2.57 bits per heavy atom. The van der Waals surface area contributed by atoms with E-state index in [1.165, 1.54) is 10.9 Å². The summed E-state index contributed by atoms with van der Waals surface area (Å²) in [4.78, 5) is 59.9. The lowest BCUT2D eigenvalue weighted by Gasteiger charge is -2.22. The lowest BCUT2D eigenvalue weighted by Crippen LogP contribution is -2.38. The molecule has 0 radical (unpaired) electrons. The first-order valence-corrected chi connectivity index (χ1v) is 17.0. The maximum Gasteiger partial charge on any atom is 0.490 e. The molecule has 3 aromatic heterocycles. The van der Waals surface area contributed by atoms with Gasteiger partial charge in [0.15, 0.2) is 16.8 Å². The quantitative estimate of drug-likeness (QED) is 0.0814. The lowest BCUT2D eigenvalue weighted by molar-refractivity contribution is -0.133. The Labute approximate surface area is 251 Å². The molecule has 0 aliphatic carbocycles. The van der Waals surface area contributed by atoms with Crippen LogP contribution in [0.1, 0.15) is 17.6 Å². The number of nitrogen functional groups attached to an aromatic ring is 1. The molecule has 244 valence electrons. The molecule has 1 aliphatic heterocycles. The Hall–Kier alpha value is -2.46. The number of aliphatic hydroxyl groups excluding tert-OH is 1. The molecule has 6 atom stereocenters. The molecular weight excluding hydrogens is 677 g/mol. The fourth-order valence-corrected chi connectivity index (χ4v) is 7.29. The number of hydrogen-bond donors (Lipinski definition) is 8. The van der Waals surface area contributed by atoms with Crippen LogP contribution in [0.2, 0.25) is 0 Å². The average Bonchev–Trinajstić information content (AvgIpc) is 3.53. The Morgan fingerprint density at radius 2 is 1.93 bits per heavy atom. The number of carbonyl (C=O) groups excluding carboxylic acids is 1. The number of fused-ring (bicyclic) bond motifs is 1. The molecule has 0 spiro atoms. The van der Waals surface area contributed by atoms with Gasteiger partial charge in [-0.2, -0.15) is 13.7 Å². The number of nitrogens with zero attached hydrogens (tertiary/aromatic N) is 5. The summed E-state index contributed by atoms with van der Waals surface area (Å²) in [7, 11) is -15.2. The second kappa shape index (κ2) is 13.1. The van der Waals surface area contributed by atoms with Gasteiger partial charge >= 0.3 is 23.5 Å². The molecule has 0 aromatic carbocycles. The van der Waals surface area contributed by atoms with Gasteiger partial charge in [0.25, 0.3) is 0 Å². The number of hydrogen-bond acceptors (Lipinski definition) is 15. The van der Waals surface area contributed by atoms with Crippen LogP contribution in [-0.4, -0.2) is 91.4 Å². The fourth-order valence-electron chi connectivity index (χ4n) is 4.01. The number of carbonyl (C=O) groups is 1. The number of aromatic nitrogens is 6. The summed E-state index contributed by atoms with van der Waals surface area (Å²) >= 11 is 5.16. The van der Waals surface area contributed by atoms with Crippen molar-refractivity contribution in [2.45, 2.75) is 38.0 Å². The number of phosphoric ester groups is 1. The number of amides is 1. The van der Waals surface area contributed by atoms with E-state index in [9.17, 15) is 33.4 Å². The van der Waals surface area contributed by atoms with E-state index in [1.54, 1.807) is 17.8 Å². The van der Waals surface area contributed by atoms with E-state index in [1.807, 2.05) is 6.92 Å². The van der Waals surface area contributed by atoms with Crippen molar-refractivity contribution in [2.24, 2.45) is 7.05 Å². The predicted molar refractivity (Wildman–Crippen MR) is 146 cm³/mol. The number of imidazole rings is 1. The first-order valence-electron chi connectivity index (χ1n) is 12.1. The third-order valence-corrected chi connectivity index (χ3v) is 9.99. The van der Waals surface area contributed by atoms with E-state index >= 15 is 0 Å². The molecule has 1 aliphatic rings. The maximum absolute atomic E-state index is 12.6. The summed E-state index contributed by atoms with van der Waals surface area (Å²) in [5.74, 6) is -0.687. The first kappa shape index (κ1) is 34.4. The molecule has 3 aromatic rings. The van der Waals surface area contributed by atoms with Crippen LogP contribution < -0.4 is 11.1 Å². The van der Waals surface area contributed by atoms with E-state index in [4.69, 9.17) is 37.2 Å². The highest BCUT2D eigenvalue weighted by Crippen LogP contribution is 2.66. The van der Waals surface area contributed by atoms with Crippen molar-refractivity contribution in [1.82, 2.24) is 34.6 Å². The molecule has 9 N–H and O–H groups in total. The smallest absolute Gasteiger partial charge is 0.387 e. The summed E-state index contributed by atoms with van der Waals surface area (Å²) in [6, 6.07) is 1.77. The summed E-state index contributed by atoms with van der Waals surface area (Å²) < 4.78 is 61.1. The predicted octanol–water partition coefficient (Wildman–Crippen LogP) is -0.584. The van der Waals surface area contributed by atoms with Gasteiger partial charge in [-0.1, -0.05) is 12.2 Å². The molecule has 4 rings (SSSR count). The summed E-state index contributed by atoms with van der Waals surface area (Å²) in [6.07, 6.45) is -4.64. The van der Waals surface area contributed by atoms with Gasteiger partial charge in [0.05, 0.1) is 25.2 Å². The highest BCUT2D eigenvalue weighted by atomic mass is 32.1. The topological polar surface area (TPSA) is 318 Å². The number of aryl methyl sites for hydroxylation is 2. The van der Waals surface area contributed by atoms with Gasteiger partial charge in [-0.3, -0.25) is 18.6 Å². The van der Waals surface area contributed by atoms with E-state index in [2.05, 4.69) is 38.5 Å². The number of H-pyrrole nitrogens is 1. The largest absolute Gasteiger partial charge is 0.490 e. The molecule has 44 heavy (non-hydrogen) atoms. The Morgan fingerprint density at radius 1 is 1.23 bits per heavy atom. The van der Waals surface area contributed by atoms with Crippen LogP contribution in [-0.2, 0) is 54.7 Å². The minimum atomic E-state index is -5.79. The first-order chi connectivity index (χ1) is 20.3. The van der Waals surface area contributed by atoms with Crippen LogP contribution in [0.25, 0.3) is 11.2 Å². The highest BCUT2D eigenvalue weighted by molar-refractivity contribution is 7.71. The molecule has 26 heteroatoms. The van der Waals surface area contributed by atoms with E-state index in [0.29, 0.717) is 5.69 Å². The zero-order valence-electron chi connectivity index (χ0n) is 22.6. The second-order valence-electron chi connectivity index (χ2n) is 9.17. The van der Waals surface area contributed by atoms with Crippen LogP contribution in [0.3, 0.4) is 0 Å². The third-order valence-electron chi connectivity index (χ3n) is 5.91. The molecule has 0 saturated carbocycles. The van der Waals surface area contributed by atoms with Crippen molar-refractivity contribution in [3.63, 3.8) is 0 Å². The number of rotatable bonds is 13. The summed E-state index contributed by atoms with van der Waals surface area (Å²) in [5, 5.41) is 17.9. The van der Waals surface area contributed by atoms with Gasteiger partial charge in [-0.15, -0.1) is 0 Å². The molecule has 1 saturated heterocycles. The van der Waals surface area contributed by atoms with Crippen LogP contribution in [0.5, 0.6) is 0 Å². The van der Waals surface area contributed by atoms with E-state index < -0.39 is 67.1 Å². The fraction of sp³-hybridized carbons (Fsp3) is 0.500. The number of phosphoric acid groups is 3. The molecule has 3 unspecified atom stereocenters. The van der Waals surface area contributed by atoms with Crippen LogP contribution >= 0.6 is 35.7 Å². The normalized spacial score (nSPS) is 23.4. The van der Waals surface area contributed by atoms with Gasteiger partial charge in [0.1, 0.15) is 36.1 Å². The number of nitrogens with one attached hydrogen (secondary N) is 2. The van der Waals surface area contributed by atoms with Crippen molar-refractivity contribution in [3.05, 3.63) is 28.4 Å². The molecule has 1 amide bonds. The summed E-state index contributed by atoms with van der Waals surface area (Å²) in [6.45, 7) is 0.315. The van der Waals surface area contributed by atoms with Gasteiger partial charge < -0.3 is 50.2 Å². The number of ether oxygens (including phenoxy) is 2. The Balaban J connectivity index is 1.50. The second-order valence-corrected chi connectivity index (χ2v) is 14.0. The minimum absolute atomic E-state index is 0.0272. The van der Waals surface area contributed by atoms with Crippen LogP contribution in [0, 0.1) is 11.6 Å². The van der Waals surface area contributed by atoms with E-state index in [0.717, 1.165) is 5.69 Å². The van der Waals surface area contributed by atoms with Gasteiger partial charge in [0, 0.05) is 12.7 Å². The Bertz CT molecular complexity index is 1720. The molecule has 4 heterocycles. The number of aliphatic hydroxyl groups is 1. The van der Waals surface area contributed by atoms with Gasteiger partial charge in [-0.25, -0.2) is 23.7 Å². The standard InChI is InChI=1S/C18H27N8O14P3S/c1-8-3-9(24-25(8)2)4-20-11(27)6-36-14-13(28)10(5-37-42(32,33)40-43(34,35)39-41(29,30)31)38-17(14)26-7-21-12-15(26)22-18(19)23-16(12)44/h3,7,10,13-14,17,28H,4-6H2,1-2H3,(H,20,27)(H,32,33)(H,34,35)(H2,29,30,31)(H3,19,22,23,44)/t10-,13?,14+,17-/m1/s1. The van der Waals surface area contributed by atoms with Gasteiger partial charge in [-0.05, 0) is 13.0 Å². The lowest BCUT2D eigenvalue weighted by atomic mass is 10.1. The monoisotopic (exact) mass is 704 g/mol. The zero-order valence-corrected chi connectivity index (χ0v) is 26.1. The van der Waals surface area contributed by atoms with E-state index in [-0.39, 0.29) is 28.3 Å². The number of anilines is 1. The highest BCUT2D eigenvalue weighted by Gasteiger charge is 2.48. The van der Waals surface area contributed by atoms with Gasteiger partial charge in [0.2, 0.25) is 5.91 Å². The Kier molecular flexibility index (Phi) is 10.3. The van der Waals surface area contributed by atoms with Crippen molar-refractivity contribution in [1.29, 1.82) is 0 Å². The SMILES string of the molecule is Cc1cc(CNC(=O)CO[C@H]2C(O)[C@@H](COP(=O)(O)OP(=O)(O)OP(=O)(O)O)O[C@H]2n2cnc3c(=S)nc(N)[nH]c32)nn1C. The summed E-state index contributed by atoms with van der Waals surface area (Å²) in [5.41, 5.74) is 7.58. The molecular formula is C18H27N8O14P3S. The van der Waals surface area contributed by atoms with Crippen LogP contribution in [0.4, 0.5) is 5.95 Å². The molecule has 0 bridgehead atoms. The average molecular weight is 704 g/mol. The van der Waals surface area contributed by atoms with Crippen LogP contribution in [0.15, 0.2) is 12.4 Å². The minimum Gasteiger partial charge on any atom is -0.387 e. The van der Waals surface area contributed by atoms with Crippen molar-refractivity contribution >= 4 is 58.7 Å². The molecule has 22 nitrogen and oxygen atoms in total. The number of aromatic amines is 1. The zero-order chi connectivity index (χ0) is 32.6. The van der Waals surface area contributed by atoms with Crippen molar-refractivity contribution in [3.8, 4) is 0 Å². The maximum atomic E-state index is 12.6. The molecule has 1 fully saturated rings. The van der Waals surface area contributed by atoms with Crippen molar-refractivity contribution < 1.29 is 65.8 Å². The third kappa shape index (κ3) is 8.62. The number of nitrogens with two attached hydrogens (primary N) is 1. The van der Waals surface area contributed by atoms with Crippen molar-refractivity contribution in [2.75, 3.05) is 18.9 Å².